The van der Waals surface area contributed by atoms with E-state index >= 15 is 0 Å². The lowest BCUT2D eigenvalue weighted by Crippen LogP contribution is -2.30. The summed E-state index contributed by atoms with van der Waals surface area (Å²) in [7, 11) is 0. The van der Waals surface area contributed by atoms with E-state index in [1.165, 1.54) is 0 Å². The molecule has 0 saturated heterocycles. The van der Waals surface area contributed by atoms with Crippen molar-refractivity contribution in [3.05, 3.63) is 38.7 Å². The minimum atomic E-state index is -0.402. The molecule has 1 aliphatic carbocycles. The van der Waals surface area contributed by atoms with Gasteiger partial charge < -0.3 is 0 Å². The first-order valence-electron chi connectivity index (χ1n) is 5.28. The number of hydrogen-bond acceptors (Lipinski definition) is 3. The van der Waals surface area contributed by atoms with Gasteiger partial charge in [0.05, 0.1) is 5.52 Å². The van der Waals surface area contributed by atoms with Crippen LogP contribution < -0.4 is 11.2 Å². The standard InChI is InChI=1S/C11H11N3O2/c1-6-4-5-12-8-9(6)14(7-2-3-7)11(16)13-10(8)15/h4-5,7H,2-3H2,1H3,(H,13,15,16). The van der Waals surface area contributed by atoms with E-state index < -0.39 is 5.56 Å². The van der Waals surface area contributed by atoms with Gasteiger partial charge in [0.25, 0.3) is 5.56 Å². The number of aryl methyl sites for hydroxylation is 1. The number of fused-ring (bicyclic) bond motifs is 1. The summed E-state index contributed by atoms with van der Waals surface area (Å²) in [6.45, 7) is 1.89. The molecule has 2 aromatic rings. The molecule has 0 unspecified atom stereocenters. The van der Waals surface area contributed by atoms with Gasteiger partial charge in [-0.05, 0) is 31.4 Å². The minimum Gasteiger partial charge on any atom is -0.288 e. The predicted molar refractivity (Wildman–Crippen MR) is 59.6 cm³/mol. The van der Waals surface area contributed by atoms with Crippen LogP contribution in [0.25, 0.3) is 11.0 Å². The van der Waals surface area contributed by atoms with Crippen LogP contribution >= 0.6 is 0 Å². The van der Waals surface area contributed by atoms with E-state index in [0.717, 1.165) is 18.4 Å². The summed E-state index contributed by atoms with van der Waals surface area (Å²) < 4.78 is 1.67. The van der Waals surface area contributed by atoms with E-state index in [1.54, 1.807) is 10.8 Å². The van der Waals surface area contributed by atoms with Crippen LogP contribution in [0.3, 0.4) is 0 Å². The highest BCUT2D eigenvalue weighted by molar-refractivity contribution is 5.77. The van der Waals surface area contributed by atoms with Gasteiger partial charge in [-0.1, -0.05) is 0 Å². The number of pyridine rings is 1. The first-order chi connectivity index (χ1) is 7.68. The van der Waals surface area contributed by atoms with Gasteiger partial charge in [0.1, 0.15) is 0 Å². The average molecular weight is 217 g/mol. The molecule has 16 heavy (non-hydrogen) atoms. The van der Waals surface area contributed by atoms with Crippen molar-refractivity contribution in [2.45, 2.75) is 25.8 Å². The maximum Gasteiger partial charge on any atom is 0.329 e. The molecule has 2 aromatic heterocycles. The molecule has 1 saturated carbocycles. The first kappa shape index (κ1) is 9.33. The zero-order valence-electron chi connectivity index (χ0n) is 8.86. The zero-order chi connectivity index (χ0) is 11.3. The summed E-state index contributed by atoms with van der Waals surface area (Å²) in [5, 5.41) is 0. The van der Waals surface area contributed by atoms with E-state index in [9.17, 15) is 9.59 Å². The van der Waals surface area contributed by atoms with Gasteiger partial charge in [0.2, 0.25) is 0 Å². The molecule has 1 fully saturated rings. The Balaban J connectivity index is 2.56. The second kappa shape index (κ2) is 3.04. The number of H-pyrrole nitrogens is 1. The van der Waals surface area contributed by atoms with Crippen LogP contribution in [0.2, 0.25) is 0 Å². The Hall–Kier alpha value is -1.91. The molecular weight excluding hydrogens is 206 g/mol. The van der Waals surface area contributed by atoms with Crippen molar-refractivity contribution in [1.29, 1.82) is 0 Å². The summed E-state index contributed by atoms with van der Waals surface area (Å²) in [5.41, 5.74) is 1.22. The molecule has 0 atom stereocenters. The fourth-order valence-corrected chi connectivity index (χ4v) is 2.02. The number of aromatic amines is 1. The molecule has 5 heteroatoms. The third kappa shape index (κ3) is 1.21. The van der Waals surface area contributed by atoms with Crippen molar-refractivity contribution in [1.82, 2.24) is 14.5 Å². The molecule has 1 aliphatic rings. The lowest BCUT2D eigenvalue weighted by molar-refractivity contribution is 0.705. The van der Waals surface area contributed by atoms with Gasteiger partial charge in [-0.15, -0.1) is 0 Å². The lowest BCUT2D eigenvalue weighted by atomic mass is 10.2. The van der Waals surface area contributed by atoms with Gasteiger partial charge in [0.15, 0.2) is 5.52 Å². The zero-order valence-corrected chi connectivity index (χ0v) is 8.86. The topological polar surface area (TPSA) is 67.8 Å². The highest BCUT2D eigenvalue weighted by Gasteiger charge is 2.27. The van der Waals surface area contributed by atoms with E-state index in [-0.39, 0.29) is 11.7 Å². The van der Waals surface area contributed by atoms with Crippen molar-refractivity contribution in [3.63, 3.8) is 0 Å². The summed E-state index contributed by atoms with van der Waals surface area (Å²) in [5.74, 6) is 0. The Morgan fingerprint density at radius 1 is 1.44 bits per heavy atom. The van der Waals surface area contributed by atoms with E-state index in [2.05, 4.69) is 9.97 Å². The summed E-state index contributed by atoms with van der Waals surface area (Å²) in [6, 6.07) is 2.05. The maximum atomic E-state index is 11.8. The molecule has 0 amide bonds. The Morgan fingerprint density at radius 3 is 2.88 bits per heavy atom. The molecule has 0 spiro atoms. The normalized spacial score (nSPS) is 15.6. The third-order valence-electron chi connectivity index (χ3n) is 2.93. The van der Waals surface area contributed by atoms with Crippen molar-refractivity contribution < 1.29 is 0 Å². The van der Waals surface area contributed by atoms with Gasteiger partial charge in [-0.2, -0.15) is 0 Å². The molecule has 2 heterocycles. The van der Waals surface area contributed by atoms with E-state index in [0.29, 0.717) is 11.0 Å². The molecule has 0 radical (unpaired) electrons. The Morgan fingerprint density at radius 2 is 2.19 bits per heavy atom. The molecule has 1 N–H and O–H groups in total. The van der Waals surface area contributed by atoms with Gasteiger partial charge in [0, 0.05) is 12.2 Å². The summed E-state index contributed by atoms with van der Waals surface area (Å²) in [4.78, 5) is 29.8. The fraction of sp³-hybridized carbons (Fsp3) is 0.364. The Labute approximate surface area is 90.8 Å². The molecule has 82 valence electrons. The molecular formula is C11H11N3O2. The van der Waals surface area contributed by atoms with Crippen molar-refractivity contribution in [2.75, 3.05) is 0 Å². The van der Waals surface area contributed by atoms with Crippen molar-refractivity contribution >= 4 is 11.0 Å². The largest absolute Gasteiger partial charge is 0.329 e. The molecule has 5 nitrogen and oxygen atoms in total. The Bertz CT molecular complexity index is 680. The highest BCUT2D eigenvalue weighted by Crippen LogP contribution is 2.35. The highest BCUT2D eigenvalue weighted by atomic mass is 16.2. The van der Waals surface area contributed by atoms with Crippen LogP contribution in [0.1, 0.15) is 24.4 Å². The molecule has 3 rings (SSSR count). The number of hydrogen-bond donors (Lipinski definition) is 1. The molecule has 0 bridgehead atoms. The molecule has 0 aromatic carbocycles. The number of nitrogens with zero attached hydrogens (tertiary/aromatic N) is 2. The SMILES string of the molecule is Cc1ccnc2c(=O)[nH]c(=O)n(C3CC3)c12. The van der Waals surface area contributed by atoms with Crippen LogP contribution in [0.15, 0.2) is 21.9 Å². The maximum absolute atomic E-state index is 11.8. The van der Waals surface area contributed by atoms with Gasteiger partial charge in [-0.3, -0.25) is 14.3 Å². The second-order valence-corrected chi connectivity index (χ2v) is 4.19. The van der Waals surface area contributed by atoms with Gasteiger partial charge in [-0.25, -0.2) is 9.78 Å². The van der Waals surface area contributed by atoms with Gasteiger partial charge >= 0.3 is 5.69 Å². The quantitative estimate of drug-likeness (QED) is 0.765. The average Bonchev–Trinajstić information content (AvgIpc) is 3.03. The van der Waals surface area contributed by atoms with Crippen molar-refractivity contribution in [2.24, 2.45) is 0 Å². The second-order valence-electron chi connectivity index (χ2n) is 4.19. The van der Waals surface area contributed by atoms with E-state index in [1.807, 2.05) is 13.0 Å². The first-order valence-corrected chi connectivity index (χ1v) is 5.28. The van der Waals surface area contributed by atoms with Crippen LogP contribution in [0.5, 0.6) is 0 Å². The number of rotatable bonds is 1. The predicted octanol–water partition coefficient (Wildman–Crippen LogP) is 0.728. The van der Waals surface area contributed by atoms with Crippen LogP contribution in [0.4, 0.5) is 0 Å². The monoisotopic (exact) mass is 217 g/mol. The summed E-state index contributed by atoms with van der Waals surface area (Å²) in [6.07, 6.45) is 3.58. The smallest absolute Gasteiger partial charge is 0.288 e. The number of aromatic nitrogens is 3. The number of nitrogens with one attached hydrogen (secondary N) is 1. The van der Waals surface area contributed by atoms with Crippen LogP contribution in [0, 0.1) is 6.92 Å². The van der Waals surface area contributed by atoms with E-state index in [4.69, 9.17) is 0 Å². The van der Waals surface area contributed by atoms with Crippen molar-refractivity contribution in [3.8, 4) is 0 Å². The Kier molecular flexibility index (Phi) is 1.77. The fourth-order valence-electron chi connectivity index (χ4n) is 2.02. The summed E-state index contributed by atoms with van der Waals surface area (Å²) >= 11 is 0. The lowest BCUT2D eigenvalue weighted by Gasteiger charge is -2.09. The molecule has 0 aliphatic heterocycles. The van der Waals surface area contributed by atoms with Crippen LogP contribution in [-0.4, -0.2) is 14.5 Å². The van der Waals surface area contributed by atoms with Crippen LogP contribution in [-0.2, 0) is 0 Å². The minimum absolute atomic E-state index is 0.231. The third-order valence-corrected chi connectivity index (χ3v) is 2.93.